The van der Waals surface area contributed by atoms with Gasteiger partial charge in [-0.15, -0.1) is 6.58 Å². The van der Waals surface area contributed by atoms with Crippen molar-refractivity contribution in [3.63, 3.8) is 0 Å². The Kier molecular flexibility index (Phi) is 5.72. The topological polar surface area (TPSA) is 33.1 Å². The first-order valence-corrected chi connectivity index (χ1v) is 12.0. The number of pyridine rings is 1. The molecule has 0 saturated carbocycles. The van der Waals surface area contributed by atoms with Gasteiger partial charge in [0.15, 0.2) is 0 Å². The second-order valence-electron chi connectivity index (χ2n) is 9.50. The van der Waals surface area contributed by atoms with Crippen molar-refractivity contribution in [1.82, 2.24) is 4.98 Å². The summed E-state index contributed by atoms with van der Waals surface area (Å²) in [6.07, 6.45) is 10.6. The summed E-state index contributed by atoms with van der Waals surface area (Å²) >= 11 is 12.6. The van der Waals surface area contributed by atoms with Gasteiger partial charge in [-0.05, 0) is 36.1 Å². The molecule has 0 radical (unpaired) electrons. The highest BCUT2D eigenvalue weighted by Crippen LogP contribution is 2.48. The third-order valence-electron chi connectivity index (χ3n) is 7.85. The minimum atomic E-state index is -0.524. The van der Waals surface area contributed by atoms with Crippen LogP contribution in [0, 0.1) is 17.8 Å². The molecule has 4 aliphatic rings. The summed E-state index contributed by atoms with van der Waals surface area (Å²) in [5.41, 5.74) is 1.93. The van der Waals surface area contributed by atoms with Gasteiger partial charge >= 0.3 is 0 Å². The van der Waals surface area contributed by atoms with Gasteiger partial charge in [-0.25, -0.2) is 0 Å². The first-order chi connectivity index (χ1) is 15.0. The molecule has 2 bridgehead atoms. The lowest BCUT2D eigenvalue weighted by Crippen LogP contribution is -2.69. The quantitative estimate of drug-likeness (QED) is 0.446. The third kappa shape index (κ3) is 3.76. The molecule has 3 aliphatic heterocycles. The van der Waals surface area contributed by atoms with E-state index in [1.54, 1.807) is 0 Å². The maximum absolute atomic E-state index is 11.8. The molecule has 1 aromatic carbocycles. The Morgan fingerprint density at radius 3 is 2.90 bits per heavy atom. The van der Waals surface area contributed by atoms with Gasteiger partial charge in [-0.2, -0.15) is 0 Å². The van der Waals surface area contributed by atoms with Gasteiger partial charge < -0.3 is 9.59 Å². The lowest BCUT2D eigenvalue weighted by Gasteiger charge is -2.59. The van der Waals surface area contributed by atoms with E-state index in [1.165, 1.54) is 6.42 Å². The number of aromatic nitrogens is 1. The molecule has 162 valence electrons. The highest BCUT2D eigenvalue weighted by atomic mass is 35.5. The monoisotopic (exact) mass is 455 g/mol. The number of nitrogens with zero attached hydrogens (tertiary/aromatic N) is 2. The number of aliphatic hydroxyl groups is 1. The Morgan fingerprint density at radius 2 is 2.10 bits per heavy atom. The molecule has 1 aromatic heterocycles. The smallest absolute Gasteiger partial charge is 0.131 e. The van der Waals surface area contributed by atoms with Gasteiger partial charge in [-0.3, -0.25) is 4.98 Å². The summed E-state index contributed by atoms with van der Waals surface area (Å²) in [7, 11) is 0. The van der Waals surface area contributed by atoms with Crippen molar-refractivity contribution in [3.8, 4) is 0 Å². The predicted octanol–water partition coefficient (Wildman–Crippen LogP) is 5.94. The summed E-state index contributed by atoms with van der Waals surface area (Å²) in [5.74, 6) is 1.44. The molecular formula is C26H29Cl2N2O+. The van der Waals surface area contributed by atoms with Crippen LogP contribution in [-0.4, -0.2) is 40.2 Å². The molecule has 3 nitrogen and oxygen atoms in total. The Labute approximate surface area is 194 Å². The molecule has 2 unspecified atom stereocenters. The zero-order valence-electron chi connectivity index (χ0n) is 17.6. The Bertz CT molecular complexity index is 1060. The average Bonchev–Trinajstić information content (AvgIpc) is 2.80. The number of hydrogen-bond acceptors (Lipinski definition) is 2. The van der Waals surface area contributed by atoms with E-state index in [4.69, 9.17) is 23.2 Å². The van der Waals surface area contributed by atoms with Crippen LogP contribution >= 0.6 is 23.2 Å². The molecular weight excluding hydrogens is 427 g/mol. The molecule has 4 heterocycles. The van der Waals surface area contributed by atoms with E-state index in [-0.39, 0.29) is 6.04 Å². The minimum absolute atomic E-state index is 0.161. The molecule has 6 atom stereocenters. The average molecular weight is 456 g/mol. The van der Waals surface area contributed by atoms with Crippen molar-refractivity contribution in [1.29, 1.82) is 0 Å². The SMILES string of the molecule is C=C[C@H]1C[N+]2(CC3C=CC(Cl)=C(Cl)C3)CC[C@H]1C[C@H]2[C@H](O)c1ccnc2ccccc12. The second-order valence-corrected chi connectivity index (χ2v) is 10.4. The van der Waals surface area contributed by atoms with E-state index in [0.717, 1.165) is 58.5 Å². The second kappa shape index (κ2) is 8.37. The number of benzene rings is 1. The van der Waals surface area contributed by atoms with Crippen molar-refractivity contribution in [2.45, 2.75) is 31.4 Å². The van der Waals surface area contributed by atoms with Crippen LogP contribution < -0.4 is 0 Å². The lowest BCUT2D eigenvalue weighted by molar-refractivity contribution is -0.975. The Morgan fingerprint density at radius 1 is 1.26 bits per heavy atom. The van der Waals surface area contributed by atoms with Crippen molar-refractivity contribution >= 4 is 34.1 Å². The number of fused-ring (bicyclic) bond motifs is 4. The van der Waals surface area contributed by atoms with Crippen LogP contribution in [0.15, 0.2) is 71.4 Å². The third-order valence-corrected chi connectivity index (χ3v) is 8.66. The maximum atomic E-state index is 11.8. The van der Waals surface area contributed by atoms with E-state index in [0.29, 0.717) is 22.8 Å². The van der Waals surface area contributed by atoms with Crippen LogP contribution in [-0.2, 0) is 0 Å². The van der Waals surface area contributed by atoms with Crippen molar-refractivity contribution in [3.05, 3.63) is 77.0 Å². The summed E-state index contributed by atoms with van der Waals surface area (Å²) in [6.45, 7) is 7.24. The number of hydrogen-bond donors (Lipinski definition) is 1. The Balaban J connectivity index is 1.50. The van der Waals surface area contributed by atoms with E-state index in [1.807, 2.05) is 36.5 Å². The van der Waals surface area contributed by atoms with Crippen molar-refractivity contribution in [2.24, 2.45) is 17.8 Å². The zero-order valence-corrected chi connectivity index (χ0v) is 19.1. The molecule has 6 rings (SSSR count). The summed E-state index contributed by atoms with van der Waals surface area (Å²) in [4.78, 5) is 4.50. The van der Waals surface area contributed by atoms with E-state index in [2.05, 4.69) is 29.8 Å². The molecule has 5 heteroatoms. The van der Waals surface area contributed by atoms with E-state index >= 15 is 0 Å². The number of aliphatic hydroxyl groups excluding tert-OH is 1. The van der Waals surface area contributed by atoms with Crippen LogP contribution in [0.4, 0.5) is 0 Å². The van der Waals surface area contributed by atoms with Crippen LogP contribution in [0.1, 0.15) is 30.9 Å². The minimum Gasteiger partial charge on any atom is -0.382 e. The highest BCUT2D eigenvalue weighted by Gasteiger charge is 2.54. The highest BCUT2D eigenvalue weighted by molar-refractivity contribution is 6.40. The Hall–Kier alpha value is -1.65. The van der Waals surface area contributed by atoms with Gasteiger partial charge in [0.1, 0.15) is 12.1 Å². The zero-order chi connectivity index (χ0) is 21.6. The van der Waals surface area contributed by atoms with Crippen LogP contribution in [0.25, 0.3) is 10.9 Å². The van der Waals surface area contributed by atoms with Gasteiger partial charge in [0.05, 0.1) is 30.2 Å². The number of rotatable bonds is 5. The maximum Gasteiger partial charge on any atom is 0.131 e. The fraction of sp³-hybridized carbons (Fsp3) is 0.423. The molecule has 3 saturated heterocycles. The van der Waals surface area contributed by atoms with E-state index in [9.17, 15) is 5.11 Å². The summed E-state index contributed by atoms with van der Waals surface area (Å²) in [6, 6.07) is 10.3. The molecule has 1 N–H and O–H groups in total. The molecule has 31 heavy (non-hydrogen) atoms. The van der Waals surface area contributed by atoms with E-state index < -0.39 is 6.10 Å². The fourth-order valence-corrected chi connectivity index (χ4v) is 6.71. The van der Waals surface area contributed by atoms with Crippen LogP contribution in [0.2, 0.25) is 0 Å². The van der Waals surface area contributed by atoms with Gasteiger partial charge in [0.25, 0.3) is 0 Å². The lowest BCUT2D eigenvalue weighted by atomic mass is 9.70. The van der Waals surface area contributed by atoms with Crippen LogP contribution in [0.5, 0.6) is 0 Å². The molecule has 3 fully saturated rings. The number of halogens is 2. The normalized spacial score (nSPS) is 33.6. The van der Waals surface area contributed by atoms with Gasteiger partial charge in [0, 0.05) is 41.3 Å². The van der Waals surface area contributed by atoms with Crippen molar-refractivity contribution < 1.29 is 9.59 Å². The number of piperidine rings is 3. The standard InChI is InChI=1S/C26H29Cl2N2O/c1-2-18-16-30(15-17-7-8-22(27)23(28)13-17)12-10-19(18)14-25(30)26(31)21-9-11-29-24-6-4-3-5-20(21)24/h2-9,11,17-19,25-26,31H,1,10,12-16H2/q+1/t17?,18-,19-,25-,26+,30?/m0/s1. The molecule has 0 spiro atoms. The molecule has 0 amide bonds. The van der Waals surface area contributed by atoms with Crippen molar-refractivity contribution in [2.75, 3.05) is 19.6 Å². The van der Waals surface area contributed by atoms with Gasteiger partial charge in [0.2, 0.25) is 0 Å². The fourth-order valence-electron chi connectivity index (χ4n) is 6.30. The first-order valence-electron chi connectivity index (χ1n) is 11.2. The largest absolute Gasteiger partial charge is 0.382 e. The number of para-hydroxylation sites is 1. The number of quaternary nitrogens is 1. The first kappa shape index (κ1) is 21.2. The predicted molar refractivity (Wildman–Crippen MR) is 128 cm³/mol. The van der Waals surface area contributed by atoms with Gasteiger partial charge in [-0.1, -0.05) is 53.6 Å². The molecule has 2 aromatic rings. The summed E-state index contributed by atoms with van der Waals surface area (Å²) in [5, 5.41) is 14.2. The summed E-state index contributed by atoms with van der Waals surface area (Å²) < 4.78 is 0.918. The number of allylic oxidation sites excluding steroid dienone is 3. The molecule has 1 aliphatic carbocycles. The van der Waals surface area contributed by atoms with Crippen LogP contribution in [0.3, 0.4) is 0 Å².